The molecule has 0 aromatic rings. The zero-order chi connectivity index (χ0) is 22.7. The van der Waals surface area contributed by atoms with Gasteiger partial charge in [0.2, 0.25) is 11.8 Å². The standard InChI is InChI=1S/C17H20N2O10S2/c1-15(2)11(18-7(20)5-9(18)30-15)13(22)26-17(28-29-17)27-14(23)12-16(3,4)31(24,25)10-6-8(21)19(10)12/h9-12H,5-6H2,1-4H3/t9-,10-,11+,12+/m1/s1. The normalized spacial score (nSPS) is 37.3. The fraction of sp³-hybridized carbons (Fsp3) is 0.765. The fourth-order valence-electron chi connectivity index (χ4n) is 4.65. The van der Waals surface area contributed by atoms with Crippen molar-refractivity contribution in [1.29, 1.82) is 0 Å². The molecule has 0 unspecified atom stereocenters. The molecule has 5 fully saturated rings. The van der Waals surface area contributed by atoms with E-state index in [1.807, 2.05) is 0 Å². The highest BCUT2D eigenvalue weighted by Gasteiger charge is 2.71. The van der Waals surface area contributed by atoms with Crippen LogP contribution in [-0.2, 0) is 48.3 Å². The summed E-state index contributed by atoms with van der Waals surface area (Å²) < 4.78 is 33.2. The lowest BCUT2D eigenvalue weighted by Crippen LogP contribution is -2.59. The van der Waals surface area contributed by atoms with Crippen LogP contribution < -0.4 is 0 Å². The van der Waals surface area contributed by atoms with Gasteiger partial charge in [-0.25, -0.2) is 18.0 Å². The molecule has 5 heterocycles. The van der Waals surface area contributed by atoms with Gasteiger partial charge in [0.25, 0.3) is 0 Å². The summed E-state index contributed by atoms with van der Waals surface area (Å²) in [6.45, 7) is 6.20. The number of fused-ring (bicyclic) bond motifs is 2. The number of β-lactam (4-membered cyclic amide) rings is 2. The van der Waals surface area contributed by atoms with Gasteiger partial charge in [-0.15, -0.1) is 21.5 Å². The highest BCUT2D eigenvalue weighted by atomic mass is 32.2. The molecule has 5 aliphatic rings. The number of hydrogen-bond acceptors (Lipinski definition) is 11. The fourth-order valence-corrected chi connectivity index (χ4v) is 8.39. The first kappa shape index (κ1) is 21.0. The minimum atomic E-state index is -3.82. The molecule has 4 atom stereocenters. The number of hydrogen-bond donors (Lipinski definition) is 0. The lowest BCUT2D eigenvalue weighted by atomic mass is 9.98. The topological polar surface area (TPSA) is 152 Å². The molecule has 5 aliphatic heterocycles. The van der Waals surface area contributed by atoms with Crippen molar-refractivity contribution >= 4 is 45.4 Å². The maximum absolute atomic E-state index is 12.8. The smallest absolute Gasteiger partial charge is 0.368 e. The third-order valence-electron chi connectivity index (χ3n) is 6.42. The van der Waals surface area contributed by atoms with Gasteiger partial charge in [-0.3, -0.25) is 9.59 Å². The maximum atomic E-state index is 12.8. The molecule has 0 aliphatic carbocycles. The summed E-state index contributed by atoms with van der Waals surface area (Å²) in [4.78, 5) is 61.2. The second-order valence-corrected chi connectivity index (χ2v) is 13.6. The highest BCUT2D eigenvalue weighted by molar-refractivity contribution is 8.01. The predicted molar refractivity (Wildman–Crippen MR) is 99.8 cm³/mol. The molecule has 14 heteroatoms. The van der Waals surface area contributed by atoms with Crippen molar-refractivity contribution in [3.8, 4) is 0 Å². The maximum Gasteiger partial charge on any atom is 0.568 e. The van der Waals surface area contributed by atoms with E-state index in [-0.39, 0.29) is 17.7 Å². The molecule has 5 saturated heterocycles. The Morgan fingerprint density at radius 1 is 0.968 bits per heavy atom. The van der Waals surface area contributed by atoms with Gasteiger partial charge < -0.3 is 19.3 Å². The van der Waals surface area contributed by atoms with Crippen LogP contribution >= 0.6 is 11.8 Å². The van der Waals surface area contributed by atoms with Gasteiger partial charge >= 0.3 is 18.1 Å². The molecule has 0 spiro atoms. The summed E-state index contributed by atoms with van der Waals surface area (Å²) in [6.07, 6.45) is -2.36. The van der Waals surface area contributed by atoms with Gasteiger partial charge in [0.05, 0.1) is 23.0 Å². The van der Waals surface area contributed by atoms with Crippen molar-refractivity contribution in [1.82, 2.24) is 9.80 Å². The van der Waals surface area contributed by atoms with E-state index in [0.29, 0.717) is 6.42 Å². The molecule has 5 rings (SSSR count). The van der Waals surface area contributed by atoms with E-state index in [0.717, 1.165) is 4.90 Å². The summed E-state index contributed by atoms with van der Waals surface area (Å²) >= 11 is 1.45. The first-order valence-electron chi connectivity index (χ1n) is 9.58. The summed E-state index contributed by atoms with van der Waals surface area (Å²) in [6, 6.07) is -2.40. The molecule has 170 valence electrons. The minimum absolute atomic E-state index is 0.140. The van der Waals surface area contributed by atoms with E-state index in [1.54, 1.807) is 13.8 Å². The Bertz CT molecular complexity index is 1030. The van der Waals surface area contributed by atoms with E-state index in [1.165, 1.54) is 30.5 Å². The monoisotopic (exact) mass is 476 g/mol. The summed E-state index contributed by atoms with van der Waals surface area (Å²) in [5.41, 5.74) is 0. The second kappa shape index (κ2) is 5.91. The Balaban J connectivity index is 1.33. The molecule has 0 N–H and O–H groups in total. The van der Waals surface area contributed by atoms with Crippen LogP contribution in [-0.4, -0.2) is 80.5 Å². The minimum Gasteiger partial charge on any atom is -0.368 e. The predicted octanol–water partition coefficient (Wildman–Crippen LogP) is -0.768. The van der Waals surface area contributed by atoms with Gasteiger partial charge in [0, 0.05) is 4.75 Å². The Kier molecular flexibility index (Phi) is 4.00. The number of esters is 2. The van der Waals surface area contributed by atoms with Crippen LogP contribution in [0.5, 0.6) is 0 Å². The molecule has 0 saturated carbocycles. The van der Waals surface area contributed by atoms with Crippen LogP contribution in [0.2, 0.25) is 0 Å². The Labute approximate surface area is 181 Å². The third-order valence-corrected chi connectivity index (χ3v) is 10.7. The van der Waals surface area contributed by atoms with Gasteiger partial charge in [0.15, 0.2) is 9.84 Å². The number of thioether (sulfide) groups is 1. The summed E-state index contributed by atoms with van der Waals surface area (Å²) in [5.74, 6) is -2.74. The number of carbonyl (C=O) groups is 4. The van der Waals surface area contributed by atoms with E-state index < -0.39 is 60.8 Å². The number of sulfone groups is 1. The molecule has 12 nitrogen and oxygen atoms in total. The van der Waals surface area contributed by atoms with Gasteiger partial charge in [0.1, 0.15) is 17.5 Å². The van der Waals surface area contributed by atoms with Crippen molar-refractivity contribution in [3.05, 3.63) is 0 Å². The van der Waals surface area contributed by atoms with Crippen LogP contribution in [0.1, 0.15) is 40.5 Å². The zero-order valence-corrected chi connectivity index (χ0v) is 18.7. The Morgan fingerprint density at radius 2 is 1.52 bits per heavy atom. The second-order valence-electron chi connectivity index (χ2n) is 9.10. The Morgan fingerprint density at radius 3 is 2.03 bits per heavy atom. The van der Waals surface area contributed by atoms with E-state index in [2.05, 4.69) is 9.78 Å². The van der Waals surface area contributed by atoms with Crippen molar-refractivity contribution in [2.75, 3.05) is 0 Å². The molecule has 31 heavy (non-hydrogen) atoms. The number of ether oxygens (including phenoxy) is 2. The first-order chi connectivity index (χ1) is 14.2. The number of carbonyl (C=O) groups excluding carboxylic acids is 4. The number of rotatable bonds is 4. The molecule has 0 bridgehead atoms. The third kappa shape index (κ3) is 2.64. The summed E-state index contributed by atoms with van der Waals surface area (Å²) in [5, 5.41) is -1.24. The van der Waals surface area contributed by atoms with Gasteiger partial charge in [-0.05, 0) is 27.7 Å². The molecular formula is C17H20N2O10S2. The zero-order valence-electron chi connectivity index (χ0n) is 17.0. The largest absolute Gasteiger partial charge is 0.568 e. The van der Waals surface area contributed by atoms with E-state index >= 15 is 0 Å². The van der Waals surface area contributed by atoms with Crippen LogP contribution in [0.15, 0.2) is 0 Å². The molecular weight excluding hydrogens is 456 g/mol. The highest BCUT2D eigenvalue weighted by Crippen LogP contribution is 2.52. The van der Waals surface area contributed by atoms with Crippen LogP contribution in [0.25, 0.3) is 0 Å². The molecule has 2 amide bonds. The van der Waals surface area contributed by atoms with Crippen molar-refractivity contribution in [2.45, 2.75) is 79.0 Å². The molecule has 0 aromatic carbocycles. The first-order valence-corrected chi connectivity index (χ1v) is 12.0. The quantitative estimate of drug-likeness (QED) is 0.165. The lowest BCUT2D eigenvalue weighted by Gasteiger charge is -2.37. The van der Waals surface area contributed by atoms with Crippen molar-refractivity contribution in [3.63, 3.8) is 0 Å². The summed E-state index contributed by atoms with van der Waals surface area (Å²) in [7, 11) is -3.82. The lowest BCUT2D eigenvalue weighted by molar-refractivity contribution is -0.241. The van der Waals surface area contributed by atoms with Crippen LogP contribution in [0.4, 0.5) is 0 Å². The van der Waals surface area contributed by atoms with Gasteiger partial charge in [-0.1, -0.05) is 0 Å². The number of amides is 2. The van der Waals surface area contributed by atoms with Gasteiger partial charge in [-0.2, -0.15) is 0 Å². The average molecular weight is 476 g/mol. The van der Waals surface area contributed by atoms with E-state index in [9.17, 15) is 27.6 Å². The van der Waals surface area contributed by atoms with Crippen molar-refractivity contribution < 1.29 is 46.8 Å². The molecule has 0 aromatic heterocycles. The van der Waals surface area contributed by atoms with Crippen molar-refractivity contribution in [2.24, 2.45) is 0 Å². The van der Waals surface area contributed by atoms with E-state index in [4.69, 9.17) is 9.47 Å². The Hall–Kier alpha value is -1.90. The van der Waals surface area contributed by atoms with Crippen LogP contribution in [0.3, 0.4) is 0 Å². The average Bonchev–Trinajstić information content (AvgIpc) is 3.30. The molecule has 0 radical (unpaired) electrons. The van der Waals surface area contributed by atoms with Crippen LogP contribution in [0, 0.1) is 0 Å². The SMILES string of the molecule is CC1(C)S[C@@H]2CC(=O)N2[C@H]1C(=O)OC1(OC(=O)[C@@H]2N3C(=O)C[C@H]3S(=O)(=O)C2(C)C)OO1. The number of nitrogens with zero attached hydrogens (tertiary/aromatic N) is 2.